The SMILES string of the molecule is CCCCCCCCC(CCCCCC)C(CCC)OC(=O)CCCCCN(CCCCCC(=O)OC(CCC)C(CCCCCC)CCCCCCCC)CCN(CCO)C1CCC1. The molecule has 1 fully saturated rings. The van der Waals surface area contributed by atoms with Gasteiger partial charge in [-0.05, 0) is 102 Å². The first-order valence-electron chi connectivity index (χ1n) is 29.3. The Bertz CT molecular complexity index is 972. The average Bonchev–Trinajstić information content (AvgIpc) is 3.27. The summed E-state index contributed by atoms with van der Waals surface area (Å²) in [4.78, 5) is 31.8. The predicted molar refractivity (Wildman–Crippen MR) is 280 cm³/mol. The second-order valence-corrected chi connectivity index (χ2v) is 20.8. The molecule has 0 amide bonds. The Morgan fingerprint density at radius 2 is 0.800 bits per heavy atom. The lowest BCUT2D eigenvalue weighted by atomic mass is 9.87. The maximum absolute atomic E-state index is 13.3. The van der Waals surface area contributed by atoms with Gasteiger partial charge in [-0.15, -0.1) is 0 Å². The highest BCUT2D eigenvalue weighted by molar-refractivity contribution is 5.69. The van der Waals surface area contributed by atoms with Crippen molar-refractivity contribution in [2.75, 3.05) is 39.3 Å². The van der Waals surface area contributed by atoms with Gasteiger partial charge in [-0.25, -0.2) is 0 Å². The summed E-state index contributed by atoms with van der Waals surface area (Å²) >= 11 is 0. The van der Waals surface area contributed by atoms with Crippen LogP contribution in [0.5, 0.6) is 0 Å². The fourth-order valence-electron chi connectivity index (χ4n) is 10.4. The zero-order chi connectivity index (χ0) is 47.4. The summed E-state index contributed by atoms with van der Waals surface area (Å²) in [5.41, 5.74) is 0. The van der Waals surface area contributed by atoms with Gasteiger partial charge in [-0.3, -0.25) is 14.5 Å². The Morgan fingerprint density at radius 3 is 1.15 bits per heavy atom. The topological polar surface area (TPSA) is 79.3 Å². The lowest BCUT2D eigenvalue weighted by molar-refractivity contribution is -0.153. The third-order valence-electron chi connectivity index (χ3n) is 14.9. The number of carbonyl (C=O) groups is 2. The number of nitrogens with zero attached hydrogens (tertiary/aromatic N) is 2. The zero-order valence-electron chi connectivity index (χ0n) is 44.7. The number of ether oxygens (including phenoxy) is 2. The molecule has 65 heavy (non-hydrogen) atoms. The largest absolute Gasteiger partial charge is 0.462 e. The van der Waals surface area contributed by atoms with Gasteiger partial charge in [0.2, 0.25) is 0 Å². The number of carbonyl (C=O) groups excluding carboxylic acids is 2. The number of hydrogen-bond acceptors (Lipinski definition) is 7. The van der Waals surface area contributed by atoms with Crippen molar-refractivity contribution in [3.8, 4) is 0 Å². The van der Waals surface area contributed by atoms with Gasteiger partial charge in [0.05, 0.1) is 6.61 Å². The lowest BCUT2D eigenvalue weighted by Gasteiger charge is -2.38. The van der Waals surface area contributed by atoms with Gasteiger partial charge in [-0.2, -0.15) is 0 Å². The van der Waals surface area contributed by atoms with E-state index >= 15 is 0 Å². The Kier molecular flexibility index (Phi) is 43.1. The molecule has 0 spiro atoms. The highest BCUT2D eigenvalue weighted by atomic mass is 16.5. The van der Waals surface area contributed by atoms with Crippen LogP contribution in [0.3, 0.4) is 0 Å². The van der Waals surface area contributed by atoms with Crippen LogP contribution >= 0.6 is 0 Å². The molecule has 0 aromatic carbocycles. The van der Waals surface area contributed by atoms with Crippen molar-refractivity contribution in [1.82, 2.24) is 9.80 Å². The van der Waals surface area contributed by atoms with Crippen LogP contribution in [0.2, 0.25) is 0 Å². The van der Waals surface area contributed by atoms with E-state index in [9.17, 15) is 14.7 Å². The number of esters is 2. The number of rotatable bonds is 50. The highest BCUT2D eigenvalue weighted by Gasteiger charge is 2.27. The molecule has 7 heteroatoms. The van der Waals surface area contributed by atoms with E-state index in [1.54, 1.807) is 0 Å². The van der Waals surface area contributed by atoms with Crippen molar-refractivity contribution in [3.05, 3.63) is 0 Å². The summed E-state index contributed by atoms with van der Waals surface area (Å²) in [6, 6.07) is 0.623. The minimum absolute atomic E-state index is 0.0156. The van der Waals surface area contributed by atoms with Crippen molar-refractivity contribution in [3.63, 3.8) is 0 Å². The second-order valence-electron chi connectivity index (χ2n) is 20.8. The van der Waals surface area contributed by atoms with Gasteiger partial charge in [0.15, 0.2) is 0 Å². The summed E-state index contributed by atoms with van der Waals surface area (Å²) in [6.07, 6.45) is 45.9. The van der Waals surface area contributed by atoms with Gasteiger partial charge in [0.25, 0.3) is 0 Å². The minimum atomic E-state index is 0.0156. The maximum atomic E-state index is 13.3. The van der Waals surface area contributed by atoms with E-state index in [2.05, 4.69) is 51.3 Å². The normalized spacial score (nSPS) is 15.0. The fraction of sp³-hybridized carbons (Fsp3) is 0.966. The first-order chi connectivity index (χ1) is 31.9. The summed E-state index contributed by atoms with van der Waals surface area (Å²) in [6.45, 7) is 18.7. The molecule has 0 bridgehead atoms. The Labute approximate surface area is 405 Å². The summed E-state index contributed by atoms with van der Waals surface area (Å²) in [5.74, 6) is 1.03. The molecular weight excluding hydrogens is 805 g/mol. The number of aliphatic hydroxyl groups is 1. The molecule has 1 aliphatic carbocycles. The Morgan fingerprint density at radius 1 is 0.431 bits per heavy atom. The first kappa shape index (κ1) is 61.8. The molecule has 4 atom stereocenters. The quantitative estimate of drug-likeness (QED) is 0.0481. The Balaban J connectivity index is 2.71. The molecule has 1 saturated carbocycles. The first-order valence-corrected chi connectivity index (χ1v) is 29.3. The van der Waals surface area contributed by atoms with E-state index in [4.69, 9.17) is 9.47 Å². The van der Waals surface area contributed by atoms with Crippen molar-refractivity contribution >= 4 is 11.9 Å². The minimum Gasteiger partial charge on any atom is -0.462 e. The molecule has 4 unspecified atom stereocenters. The monoisotopic (exact) mass is 919 g/mol. The molecule has 0 aliphatic heterocycles. The summed E-state index contributed by atoms with van der Waals surface area (Å²) in [5, 5.41) is 9.82. The molecule has 1 N–H and O–H groups in total. The standard InChI is InChI=1S/C58H114N2O5/c1-7-13-17-21-23-29-40-52(38-27-19-15-9-3)55(36-11-5)64-57(62)44-31-25-33-46-59(48-49-60(50-51-61)54-42-35-43-54)47-34-26-32-45-58(63)65-56(37-12-6)53(39-28-20-16-10-4)41-30-24-22-18-14-8-2/h52-56,61H,7-51H2,1-6H3. The number of aliphatic hydroxyl groups excluding tert-OH is 1. The second kappa shape index (κ2) is 45.3. The third-order valence-corrected chi connectivity index (χ3v) is 14.9. The molecule has 7 nitrogen and oxygen atoms in total. The van der Waals surface area contributed by atoms with Crippen LogP contribution in [0.1, 0.15) is 292 Å². The van der Waals surface area contributed by atoms with Crippen LogP contribution in [0.4, 0.5) is 0 Å². The van der Waals surface area contributed by atoms with Crippen LogP contribution in [0.25, 0.3) is 0 Å². The van der Waals surface area contributed by atoms with Crippen molar-refractivity contribution < 1.29 is 24.2 Å². The van der Waals surface area contributed by atoms with Gasteiger partial charge in [-0.1, -0.05) is 202 Å². The zero-order valence-corrected chi connectivity index (χ0v) is 44.7. The molecule has 1 rings (SSSR count). The molecule has 0 radical (unpaired) electrons. The maximum Gasteiger partial charge on any atom is 0.306 e. The van der Waals surface area contributed by atoms with E-state index in [1.807, 2.05) is 0 Å². The molecular formula is C58H114N2O5. The van der Waals surface area contributed by atoms with E-state index in [1.165, 1.54) is 173 Å². The molecule has 0 heterocycles. The van der Waals surface area contributed by atoms with Crippen LogP contribution in [0.15, 0.2) is 0 Å². The molecule has 0 aromatic heterocycles. The van der Waals surface area contributed by atoms with Crippen LogP contribution in [0, 0.1) is 11.8 Å². The van der Waals surface area contributed by atoms with Gasteiger partial charge >= 0.3 is 11.9 Å². The van der Waals surface area contributed by atoms with Gasteiger partial charge in [0, 0.05) is 38.5 Å². The summed E-state index contributed by atoms with van der Waals surface area (Å²) < 4.78 is 12.7. The number of hydrogen-bond donors (Lipinski definition) is 1. The van der Waals surface area contributed by atoms with Gasteiger partial charge in [0.1, 0.15) is 12.2 Å². The Hall–Kier alpha value is -1.18. The van der Waals surface area contributed by atoms with Crippen LogP contribution in [-0.4, -0.2) is 84.4 Å². The van der Waals surface area contributed by atoms with Crippen molar-refractivity contribution in [2.24, 2.45) is 11.8 Å². The van der Waals surface area contributed by atoms with E-state index in [-0.39, 0.29) is 30.8 Å². The molecule has 386 valence electrons. The average molecular weight is 920 g/mol. The highest BCUT2D eigenvalue weighted by Crippen LogP contribution is 2.29. The third kappa shape index (κ3) is 33.9. The van der Waals surface area contributed by atoms with Gasteiger partial charge < -0.3 is 19.5 Å². The fourth-order valence-corrected chi connectivity index (χ4v) is 10.4. The molecule has 0 saturated heterocycles. The number of unbranched alkanes of at least 4 members (excludes halogenated alkanes) is 20. The van der Waals surface area contributed by atoms with Crippen molar-refractivity contribution in [2.45, 2.75) is 310 Å². The predicted octanol–water partition coefficient (Wildman–Crippen LogP) is 16.4. The lowest BCUT2D eigenvalue weighted by Crippen LogP contribution is -2.45. The smallest absolute Gasteiger partial charge is 0.306 e. The summed E-state index contributed by atoms with van der Waals surface area (Å²) in [7, 11) is 0. The van der Waals surface area contributed by atoms with Crippen molar-refractivity contribution in [1.29, 1.82) is 0 Å². The van der Waals surface area contributed by atoms with E-state index in [0.717, 1.165) is 96.9 Å². The van der Waals surface area contributed by atoms with E-state index < -0.39 is 0 Å². The van der Waals surface area contributed by atoms with E-state index in [0.29, 0.717) is 30.7 Å². The molecule has 0 aromatic rings. The van der Waals surface area contributed by atoms with Crippen LogP contribution in [-0.2, 0) is 19.1 Å². The van der Waals surface area contributed by atoms with Crippen LogP contribution < -0.4 is 0 Å². The molecule has 1 aliphatic rings.